The lowest BCUT2D eigenvalue weighted by Gasteiger charge is -2.13. The van der Waals surface area contributed by atoms with E-state index in [1.54, 1.807) is 0 Å². The number of aromatic nitrogens is 2. The van der Waals surface area contributed by atoms with Crippen LogP contribution < -0.4 is 10.6 Å². The molecule has 0 amide bonds. The monoisotopic (exact) mass is 864 g/mol. The Balaban J connectivity index is 0.00000128. The average molecular weight is 865 g/mol. The summed E-state index contributed by atoms with van der Waals surface area (Å²) in [6.07, 6.45) is 4.87. The van der Waals surface area contributed by atoms with E-state index in [0.717, 1.165) is 5.69 Å². The van der Waals surface area contributed by atoms with Crippen LogP contribution in [0.4, 0.5) is 0 Å². The van der Waals surface area contributed by atoms with Crippen LogP contribution in [0.5, 0.6) is 0 Å². The number of hydrogen-bond donors (Lipinski definition) is 0. The second kappa shape index (κ2) is 18.1. The third-order valence-corrected chi connectivity index (χ3v) is 13.0. The lowest BCUT2D eigenvalue weighted by atomic mass is 9.94. The summed E-state index contributed by atoms with van der Waals surface area (Å²) in [5.74, 6) is 0. The zero-order valence-corrected chi connectivity index (χ0v) is 39.3. The Labute approximate surface area is 395 Å². The van der Waals surface area contributed by atoms with Gasteiger partial charge in [0.25, 0.3) is 0 Å². The Kier molecular flexibility index (Phi) is 11.6. The van der Waals surface area contributed by atoms with Crippen molar-refractivity contribution in [1.82, 2.24) is 9.13 Å². The number of fused-ring (bicyclic) bond motifs is 6. The lowest BCUT2D eigenvalue weighted by molar-refractivity contribution is 0.722. The van der Waals surface area contributed by atoms with Crippen LogP contribution in [0, 0.1) is 5.41 Å². The molecular weight excluding hydrogens is 809 g/mol. The highest BCUT2D eigenvalue weighted by Gasteiger charge is 2.22. The molecule has 0 bridgehead atoms. The SMILES string of the molecule is CC.CC.CC1(C)C=c2c(n(-c3ccc(-c4cccc(-c5ccccc5)c4)cc3)c3ccc(-c4ccc5c(c4)c4ccccc4n5-c4ccc(-c5ccccc5-c5ccccc5)cc4)cc23)=C1. The average Bonchev–Trinajstić information content (AvgIpc) is 4.01. The van der Waals surface area contributed by atoms with Crippen molar-refractivity contribution in [2.45, 2.75) is 41.5 Å². The molecule has 326 valence electrons. The topological polar surface area (TPSA) is 9.86 Å². The molecule has 2 heteroatoms. The minimum Gasteiger partial charge on any atom is -0.310 e. The van der Waals surface area contributed by atoms with Gasteiger partial charge in [-0.25, -0.2) is 0 Å². The maximum absolute atomic E-state index is 2.45. The largest absolute Gasteiger partial charge is 0.310 e. The quantitative estimate of drug-likeness (QED) is 0.151. The van der Waals surface area contributed by atoms with Crippen molar-refractivity contribution in [1.29, 1.82) is 0 Å². The minimum absolute atomic E-state index is 0.0430. The Hall–Kier alpha value is -7.94. The highest BCUT2D eigenvalue weighted by molar-refractivity contribution is 6.10. The molecule has 0 N–H and O–H groups in total. The third kappa shape index (κ3) is 7.89. The van der Waals surface area contributed by atoms with E-state index in [9.17, 15) is 0 Å². The smallest absolute Gasteiger partial charge is 0.0541 e. The van der Waals surface area contributed by atoms with Crippen LogP contribution in [0.15, 0.2) is 218 Å². The highest BCUT2D eigenvalue weighted by atomic mass is 15.0. The molecule has 2 heterocycles. The molecule has 0 saturated heterocycles. The molecule has 1 aliphatic carbocycles. The molecule has 9 aromatic carbocycles. The number of nitrogens with zero attached hydrogens (tertiary/aromatic N) is 2. The summed E-state index contributed by atoms with van der Waals surface area (Å²) in [6.45, 7) is 12.6. The van der Waals surface area contributed by atoms with Crippen molar-refractivity contribution in [3.05, 3.63) is 229 Å². The first-order valence-corrected chi connectivity index (χ1v) is 23.9. The maximum atomic E-state index is 2.45. The van der Waals surface area contributed by atoms with Crippen LogP contribution in [0.2, 0.25) is 0 Å². The number of hydrogen-bond acceptors (Lipinski definition) is 0. The number of para-hydroxylation sites is 1. The van der Waals surface area contributed by atoms with Crippen LogP contribution >= 0.6 is 0 Å². The molecule has 67 heavy (non-hydrogen) atoms. The van der Waals surface area contributed by atoms with E-state index in [1.165, 1.54) is 105 Å². The van der Waals surface area contributed by atoms with Crippen LogP contribution in [0.1, 0.15) is 41.5 Å². The normalized spacial score (nSPS) is 12.4. The molecule has 0 aliphatic heterocycles. The molecule has 0 saturated carbocycles. The third-order valence-electron chi connectivity index (χ3n) is 13.0. The molecule has 2 aromatic heterocycles. The van der Waals surface area contributed by atoms with E-state index in [0.29, 0.717) is 0 Å². The standard InChI is InChI=1S/C61H44N2.2C2H6/c1-61(2)39-56-55-38-48(29-35-59(55)63(60(56)40-61)50-30-24-42(25-31-50)46-19-13-18-45(36-46)41-14-5-3-6-15-41)47-28-34-58-54(37-47)53-22-11-12-23-57(53)62(58)49-32-26-44(27-33-49)52-21-10-9-20-51(52)43-16-7-4-8-17-43;2*1-2/h3-40H,1-2H3;2*1-2H3. The predicted octanol–water partition coefficient (Wildman–Crippen LogP) is 16.7. The van der Waals surface area contributed by atoms with Crippen LogP contribution in [-0.4, -0.2) is 9.13 Å². The van der Waals surface area contributed by atoms with Gasteiger partial charge in [-0.05, 0) is 116 Å². The first-order valence-electron chi connectivity index (χ1n) is 23.9. The Morgan fingerprint density at radius 1 is 0.299 bits per heavy atom. The van der Waals surface area contributed by atoms with E-state index >= 15 is 0 Å². The fourth-order valence-electron chi connectivity index (χ4n) is 9.99. The van der Waals surface area contributed by atoms with Gasteiger partial charge < -0.3 is 9.13 Å². The summed E-state index contributed by atoms with van der Waals surface area (Å²) < 4.78 is 4.86. The summed E-state index contributed by atoms with van der Waals surface area (Å²) in [7, 11) is 0. The second-order valence-electron chi connectivity index (χ2n) is 17.5. The Morgan fingerprint density at radius 2 is 0.716 bits per heavy atom. The molecule has 1 aliphatic rings. The molecule has 12 rings (SSSR count). The van der Waals surface area contributed by atoms with Crippen molar-refractivity contribution < 1.29 is 0 Å². The van der Waals surface area contributed by atoms with Gasteiger partial charge in [-0.3, -0.25) is 0 Å². The number of benzene rings is 9. The summed E-state index contributed by atoms with van der Waals surface area (Å²) in [5, 5.41) is 6.35. The molecule has 0 atom stereocenters. The van der Waals surface area contributed by atoms with Gasteiger partial charge in [-0.2, -0.15) is 0 Å². The second-order valence-corrected chi connectivity index (χ2v) is 17.5. The first-order chi connectivity index (χ1) is 33.0. The van der Waals surface area contributed by atoms with Gasteiger partial charge in [0.15, 0.2) is 0 Å². The van der Waals surface area contributed by atoms with Crippen LogP contribution in [0.3, 0.4) is 0 Å². The van der Waals surface area contributed by atoms with Gasteiger partial charge in [-0.1, -0.05) is 211 Å². The fraction of sp³-hybridized carbons (Fsp3) is 0.108. The van der Waals surface area contributed by atoms with E-state index in [2.05, 4.69) is 254 Å². The molecule has 2 nitrogen and oxygen atoms in total. The molecular formula is C65H56N2. The van der Waals surface area contributed by atoms with E-state index in [1.807, 2.05) is 27.7 Å². The number of rotatable bonds is 7. The summed E-state index contributed by atoms with van der Waals surface area (Å²) in [6, 6.07) is 79.8. The van der Waals surface area contributed by atoms with Crippen molar-refractivity contribution >= 4 is 44.9 Å². The summed E-state index contributed by atoms with van der Waals surface area (Å²) in [4.78, 5) is 0. The van der Waals surface area contributed by atoms with Gasteiger partial charge >= 0.3 is 0 Å². The molecule has 0 unspecified atom stereocenters. The van der Waals surface area contributed by atoms with Crippen molar-refractivity contribution in [2.24, 2.45) is 5.41 Å². The molecule has 0 spiro atoms. The van der Waals surface area contributed by atoms with Crippen molar-refractivity contribution in [2.75, 3.05) is 0 Å². The predicted molar refractivity (Wildman–Crippen MR) is 289 cm³/mol. The Morgan fingerprint density at radius 3 is 1.34 bits per heavy atom. The minimum atomic E-state index is -0.0430. The summed E-state index contributed by atoms with van der Waals surface area (Å²) >= 11 is 0. The zero-order valence-electron chi connectivity index (χ0n) is 39.3. The van der Waals surface area contributed by atoms with E-state index in [4.69, 9.17) is 0 Å². The van der Waals surface area contributed by atoms with Gasteiger partial charge in [0, 0.05) is 38.2 Å². The molecule has 11 aromatic rings. The Bertz CT molecular complexity index is 3660. The van der Waals surface area contributed by atoms with Gasteiger partial charge in [0.2, 0.25) is 0 Å². The van der Waals surface area contributed by atoms with Gasteiger partial charge in [-0.15, -0.1) is 0 Å². The zero-order chi connectivity index (χ0) is 46.1. The molecule has 0 fully saturated rings. The van der Waals surface area contributed by atoms with Crippen LogP contribution in [-0.2, 0) is 0 Å². The van der Waals surface area contributed by atoms with Gasteiger partial charge in [0.05, 0.1) is 21.9 Å². The highest BCUT2D eigenvalue weighted by Crippen LogP contribution is 2.38. The van der Waals surface area contributed by atoms with E-state index < -0.39 is 0 Å². The van der Waals surface area contributed by atoms with Gasteiger partial charge in [0.1, 0.15) is 0 Å². The van der Waals surface area contributed by atoms with Crippen molar-refractivity contribution in [3.63, 3.8) is 0 Å². The fourth-order valence-corrected chi connectivity index (χ4v) is 9.99. The summed E-state index contributed by atoms with van der Waals surface area (Å²) in [5.41, 5.74) is 18.1. The first kappa shape index (κ1) is 43.0. The van der Waals surface area contributed by atoms with Crippen molar-refractivity contribution in [3.8, 4) is 67.0 Å². The maximum Gasteiger partial charge on any atom is 0.0541 e. The lowest BCUT2D eigenvalue weighted by Crippen LogP contribution is -2.25. The van der Waals surface area contributed by atoms with Crippen LogP contribution in [0.25, 0.3) is 112 Å². The molecule has 0 radical (unpaired) electrons. The van der Waals surface area contributed by atoms with E-state index in [-0.39, 0.29) is 5.41 Å².